The van der Waals surface area contributed by atoms with E-state index in [1.165, 1.54) is 6.92 Å². The molecule has 0 aliphatic carbocycles. The van der Waals surface area contributed by atoms with E-state index in [4.69, 9.17) is 10.8 Å². The lowest BCUT2D eigenvalue weighted by molar-refractivity contribution is -0.141. The molecular formula is C17H18N2O4. The van der Waals surface area contributed by atoms with Crippen molar-refractivity contribution < 1.29 is 19.8 Å². The molecule has 0 fully saturated rings. The van der Waals surface area contributed by atoms with Crippen LogP contribution in [0.2, 0.25) is 0 Å². The molecular weight excluding hydrogens is 296 g/mol. The van der Waals surface area contributed by atoms with Gasteiger partial charge in [-0.1, -0.05) is 24.3 Å². The number of aliphatic hydroxyl groups is 1. The lowest BCUT2D eigenvalue weighted by atomic mass is 10.0. The number of hydrogen-bond donors (Lipinski definition) is 4. The molecule has 0 saturated heterocycles. The topological polar surface area (TPSA) is 113 Å². The number of carbonyl (C=O) groups is 2. The average Bonchev–Trinajstić information content (AvgIpc) is 2.52. The first-order valence-electron chi connectivity index (χ1n) is 7.06. The van der Waals surface area contributed by atoms with E-state index in [1.54, 1.807) is 36.4 Å². The van der Waals surface area contributed by atoms with Crippen molar-refractivity contribution in [2.45, 2.75) is 19.1 Å². The van der Waals surface area contributed by atoms with Gasteiger partial charge in [-0.05, 0) is 42.3 Å². The van der Waals surface area contributed by atoms with Gasteiger partial charge in [0.2, 0.25) is 0 Å². The summed E-state index contributed by atoms with van der Waals surface area (Å²) in [5, 5.41) is 20.7. The minimum Gasteiger partial charge on any atom is -0.480 e. The van der Waals surface area contributed by atoms with Crippen molar-refractivity contribution in [3.8, 4) is 11.1 Å². The van der Waals surface area contributed by atoms with Gasteiger partial charge in [0.15, 0.2) is 6.04 Å². The van der Waals surface area contributed by atoms with Crippen molar-refractivity contribution in [2.75, 3.05) is 5.73 Å². The molecule has 23 heavy (non-hydrogen) atoms. The third-order valence-corrected chi connectivity index (χ3v) is 3.43. The zero-order valence-electron chi connectivity index (χ0n) is 12.6. The molecule has 0 spiro atoms. The van der Waals surface area contributed by atoms with E-state index in [-0.39, 0.29) is 0 Å². The summed E-state index contributed by atoms with van der Waals surface area (Å²) in [6.45, 7) is 1.31. The Morgan fingerprint density at radius 2 is 1.48 bits per heavy atom. The fourth-order valence-corrected chi connectivity index (χ4v) is 2.10. The molecule has 0 saturated carbocycles. The largest absolute Gasteiger partial charge is 0.480 e. The summed E-state index contributed by atoms with van der Waals surface area (Å²) in [6.07, 6.45) is -1.19. The Bertz CT molecular complexity index is 694. The van der Waals surface area contributed by atoms with Crippen LogP contribution in [0.4, 0.5) is 5.69 Å². The number of carboxylic acid groups (broad SMARTS) is 1. The van der Waals surface area contributed by atoms with Gasteiger partial charge in [0.05, 0.1) is 6.10 Å². The number of benzene rings is 2. The average molecular weight is 314 g/mol. The number of aliphatic carboxylic acids is 1. The summed E-state index contributed by atoms with van der Waals surface area (Å²) >= 11 is 0. The van der Waals surface area contributed by atoms with Crippen LogP contribution in [0.15, 0.2) is 48.5 Å². The Kier molecular flexibility index (Phi) is 4.98. The monoisotopic (exact) mass is 314 g/mol. The number of amides is 1. The molecule has 0 bridgehead atoms. The Morgan fingerprint density at radius 1 is 1.00 bits per heavy atom. The first kappa shape index (κ1) is 16.5. The van der Waals surface area contributed by atoms with Crippen LogP contribution < -0.4 is 11.1 Å². The highest BCUT2D eigenvalue weighted by atomic mass is 16.4. The number of nitrogens with two attached hydrogens (primary N) is 1. The van der Waals surface area contributed by atoms with Crippen LogP contribution in [0, 0.1) is 0 Å². The van der Waals surface area contributed by atoms with Gasteiger partial charge in [-0.15, -0.1) is 0 Å². The Morgan fingerprint density at radius 3 is 1.91 bits per heavy atom. The molecule has 0 heterocycles. The minimum atomic E-state index is -1.35. The number of rotatable bonds is 5. The number of hydrogen-bond acceptors (Lipinski definition) is 4. The van der Waals surface area contributed by atoms with E-state index in [9.17, 15) is 14.7 Å². The van der Waals surface area contributed by atoms with Crippen molar-refractivity contribution in [3.63, 3.8) is 0 Å². The Labute approximate surface area is 133 Å². The second kappa shape index (κ2) is 6.93. The van der Waals surface area contributed by atoms with Crippen molar-refractivity contribution in [3.05, 3.63) is 54.1 Å². The van der Waals surface area contributed by atoms with Crippen LogP contribution in [0.25, 0.3) is 11.1 Å². The molecule has 1 amide bonds. The van der Waals surface area contributed by atoms with Gasteiger partial charge in [-0.2, -0.15) is 0 Å². The minimum absolute atomic E-state index is 0.316. The van der Waals surface area contributed by atoms with Gasteiger partial charge in [-0.3, -0.25) is 4.79 Å². The first-order chi connectivity index (χ1) is 10.9. The highest BCUT2D eigenvalue weighted by molar-refractivity contribution is 5.97. The Balaban J connectivity index is 2.14. The van der Waals surface area contributed by atoms with E-state index < -0.39 is 24.0 Å². The van der Waals surface area contributed by atoms with Gasteiger partial charge in [-0.25, -0.2) is 4.79 Å². The second-order valence-corrected chi connectivity index (χ2v) is 5.23. The summed E-state index contributed by atoms with van der Waals surface area (Å²) < 4.78 is 0. The van der Waals surface area contributed by atoms with Gasteiger partial charge in [0.1, 0.15) is 0 Å². The summed E-state index contributed by atoms with van der Waals surface area (Å²) in [5.74, 6) is -1.84. The maximum absolute atomic E-state index is 12.1. The van der Waals surface area contributed by atoms with Crippen molar-refractivity contribution in [1.29, 1.82) is 0 Å². The van der Waals surface area contributed by atoms with Gasteiger partial charge in [0.25, 0.3) is 5.91 Å². The summed E-state index contributed by atoms with van der Waals surface area (Å²) in [7, 11) is 0. The van der Waals surface area contributed by atoms with Gasteiger partial charge in [0, 0.05) is 11.3 Å². The fraction of sp³-hybridized carbons (Fsp3) is 0.176. The summed E-state index contributed by atoms with van der Waals surface area (Å²) in [6, 6.07) is 12.7. The van der Waals surface area contributed by atoms with Crippen LogP contribution in [0.5, 0.6) is 0 Å². The molecule has 6 heteroatoms. The predicted molar refractivity (Wildman–Crippen MR) is 86.9 cm³/mol. The molecule has 0 aliphatic heterocycles. The van der Waals surface area contributed by atoms with Crippen LogP contribution in [0.1, 0.15) is 17.3 Å². The Hall–Kier alpha value is -2.86. The van der Waals surface area contributed by atoms with Gasteiger partial charge < -0.3 is 21.3 Å². The lowest BCUT2D eigenvalue weighted by Gasteiger charge is -2.17. The number of anilines is 1. The van der Waals surface area contributed by atoms with E-state index in [1.807, 2.05) is 12.1 Å². The number of carbonyl (C=O) groups excluding carboxylic acids is 1. The molecule has 6 nitrogen and oxygen atoms in total. The number of carboxylic acids is 1. The highest BCUT2D eigenvalue weighted by Crippen LogP contribution is 2.21. The lowest BCUT2D eigenvalue weighted by Crippen LogP contribution is -2.47. The van der Waals surface area contributed by atoms with E-state index in [2.05, 4.69) is 5.32 Å². The molecule has 2 aromatic carbocycles. The summed E-state index contributed by atoms with van der Waals surface area (Å²) in [5.41, 5.74) is 8.49. The second-order valence-electron chi connectivity index (χ2n) is 5.23. The molecule has 0 radical (unpaired) electrons. The van der Waals surface area contributed by atoms with Gasteiger partial charge >= 0.3 is 5.97 Å². The normalized spacial score (nSPS) is 13.1. The quantitative estimate of drug-likeness (QED) is 0.625. The molecule has 2 atom stereocenters. The van der Waals surface area contributed by atoms with Crippen LogP contribution >= 0.6 is 0 Å². The number of aliphatic hydroxyl groups excluding tert-OH is 1. The van der Waals surface area contributed by atoms with E-state index in [0.29, 0.717) is 11.3 Å². The molecule has 0 aromatic heterocycles. The standard InChI is InChI=1S/C17H18N2O4/c1-10(20)15(17(22)23)19-16(21)13-4-2-11(3-5-13)12-6-8-14(18)9-7-12/h2-10,15,20H,18H2,1H3,(H,19,21)(H,22,23)/t10-,15?/m1/s1. The molecule has 2 rings (SSSR count). The zero-order valence-corrected chi connectivity index (χ0v) is 12.6. The molecule has 120 valence electrons. The van der Waals surface area contributed by atoms with Crippen molar-refractivity contribution >= 4 is 17.6 Å². The van der Waals surface area contributed by atoms with Crippen LogP contribution in [-0.4, -0.2) is 34.2 Å². The van der Waals surface area contributed by atoms with Crippen LogP contribution in [-0.2, 0) is 4.79 Å². The SMILES string of the molecule is C[C@@H](O)C(NC(=O)c1ccc(-c2ccc(N)cc2)cc1)C(=O)O. The third kappa shape index (κ3) is 4.08. The zero-order chi connectivity index (χ0) is 17.0. The van der Waals surface area contributed by atoms with Crippen molar-refractivity contribution in [2.24, 2.45) is 0 Å². The van der Waals surface area contributed by atoms with Crippen LogP contribution in [0.3, 0.4) is 0 Å². The van der Waals surface area contributed by atoms with E-state index in [0.717, 1.165) is 11.1 Å². The number of nitrogen functional groups attached to an aromatic ring is 1. The third-order valence-electron chi connectivity index (χ3n) is 3.43. The van der Waals surface area contributed by atoms with Crippen molar-refractivity contribution in [1.82, 2.24) is 5.32 Å². The maximum atomic E-state index is 12.1. The first-order valence-corrected chi connectivity index (χ1v) is 7.06. The number of nitrogens with one attached hydrogen (secondary N) is 1. The maximum Gasteiger partial charge on any atom is 0.328 e. The highest BCUT2D eigenvalue weighted by Gasteiger charge is 2.25. The fourth-order valence-electron chi connectivity index (χ4n) is 2.10. The molecule has 5 N–H and O–H groups in total. The molecule has 2 aromatic rings. The summed E-state index contributed by atoms with van der Waals surface area (Å²) in [4.78, 5) is 23.0. The molecule has 0 aliphatic rings. The molecule has 1 unspecified atom stereocenters. The predicted octanol–water partition coefficient (Wildman–Crippen LogP) is 1.50. The smallest absolute Gasteiger partial charge is 0.328 e. The van der Waals surface area contributed by atoms with E-state index >= 15 is 0 Å².